The van der Waals surface area contributed by atoms with Gasteiger partial charge in [-0.05, 0) is 24.6 Å². The lowest BCUT2D eigenvalue weighted by Gasteiger charge is -2.13. The number of amides is 1. The van der Waals surface area contributed by atoms with Crippen LogP contribution in [0.3, 0.4) is 0 Å². The quantitative estimate of drug-likeness (QED) is 0.944. The Hall–Kier alpha value is -1.20. The molecule has 1 N–H and O–H groups in total. The highest BCUT2D eigenvalue weighted by Gasteiger charge is 2.12. The molecule has 1 amide bonds. The number of aromatic nitrogens is 1. The van der Waals surface area contributed by atoms with Crippen LogP contribution in [0.2, 0.25) is 0 Å². The summed E-state index contributed by atoms with van der Waals surface area (Å²) in [7, 11) is 0. The van der Waals surface area contributed by atoms with Gasteiger partial charge in [-0.3, -0.25) is 9.78 Å². The predicted octanol–water partition coefficient (Wildman–Crippen LogP) is 3.40. The molecular weight excluding hydrogens is 300 g/mol. The monoisotopic (exact) mass is 310 g/mol. The maximum atomic E-state index is 11.8. The minimum absolute atomic E-state index is 0.0160. The largest absolute Gasteiger partial charge is 0.345 e. The summed E-state index contributed by atoms with van der Waals surface area (Å²) in [5.74, 6) is -0.0806. The molecule has 1 unspecified atom stereocenters. The van der Waals surface area contributed by atoms with Crippen LogP contribution in [0.5, 0.6) is 0 Å². The Kier molecular flexibility index (Phi) is 3.91. The van der Waals surface area contributed by atoms with Crippen molar-refractivity contribution in [1.29, 1.82) is 0 Å². The summed E-state index contributed by atoms with van der Waals surface area (Å²) in [4.78, 5) is 16.3. The number of nitrogens with one attached hydrogen (secondary N) is 1. The van der Waals surface area contributed by atoms with Crippen LogP contribution in [-0.4, -0.2) is 10.9 Å². The molecule has 5 heteroatoms. The fraction of sp³-hybridized carbons (Fsp3) is 0.167. The van der Waals surface area contributed by atoms with Gasteiger partial charge in [0, 0.05) is 4.47 Å². The number of hydrogen-bond acceptors (Lipinski definition) is 3. The van der Waals surface area contributed by atoms with Gasteiger partial charge in [-0.25, -0.2) is 0 Å². The third-order valence-corrected chi connectivity index (χ3v) is 3.67. The molecule has 0 bridgehead atoms. The van der Waals surface area contributed by atoms with Gasteiger partial charge in [0.05, 0.1) is 17.7 Å². The molecule has 1 atom stereocenters. The van der Waals surface area contributed by atoms with Crippen molar-refractivity contribution in [3.8, 4) is 0 Å². The summed E-state index contributed by atoms with van der Waals surface area (Å²) in [5.41, 5.74) is 2.73. The highest BCUT2D eigenvalue weighted by Crippen LogP contribution is 2.17. The number of carbonyl (C=O) groups excluding carboxylic acids is 1. The van der Waals surface area contributed by atoms with Crippen LogP contribution < -0.4 is 5.32 Å². The molecule has 0 fully saturated rings. The Morgan fingerprint density at radius 1 is 1.41 bits per heavy atom. The van der Waals surface area contributed by atoms with E-state index in [-0.39, 0.29) is 11.9 Å². The predicted molar refractivity (Wildman–Crippen MR) is 72.1 cm³/mol. The Morgan fingerprint density at radius 3 is 2.71 bits per heavy atom. The van der Waals surface area contributed by atoms with Crippen molar-refractivity contribution in [2.45, 2.75) is 13.0 Å². The minimum Gasteiger partial charge on any atom is -0.345 e. The molecule has 17 heavy (non-hydrogen) atoms. The third-order valence-electron chi connectivity index (χ3n) is 2.37. The molecule has 1 heterocycles. The fourth-order valence-electron chi connectivity index (χ4n) is 1.43. The number of benzene rings is 1. The van der Waals surface area contributed by atoms with Gasteiger partial charge in [-0.15, -0.1) is 11.3 Å². The van der Waals surface area contributed by atoms with E-state index in [4.69, 9.17) is 0 Å². The van der Waals surface area contributed by atoms with E-state index < -0.39 is 0 Å². The van der Waals surface area contributed by atoms with E-state index in [0.29, 0.717) is 4.88 Å². The van der Waals surface area contributed by atoms with E-state index >= 15 is 0 Å². The Bertz CT molecular complexity index is 496. The molecule has 88 valence electrons. The van der Waals surface area contributed by atoms with Crippen molar-refractivity contribution < 1.29 is 4.79 Å². The molecule has 3 nitrogen and oxygen atoms in total. The topological polar surface area (TPSA) is 42.0 Å². The molecule has 0 spiro atoms. The molecule has 0 saturated carbocycles. The average molecular weight is 311 g/mol. The molecule has 1 aromatic heterocycles. The summed E-state index contributed by atoms with van der Waals surface area (Å²) < 4.78 is 1.03. The maximum Gasteiger partial charge on any atom is 0.263 e. The number of thiazole rings is 1. The smallest absolute Gasteiger partial charge is 0.263 e. The van der Waals surface area contributed by atoms with Crippen molar-refractivity contribution in [1.82, 2.24) is 10.3 Å². The SMILES string of the molecule is CC(NC(=O)c1cncs1)c1ccc(Br)cc1. The molecular formula is C12H11BrN2OS. The van der Waals surface area contributed by atoms with E-state index in [9.17, 15) is 4.79 Å². The lowest BCUT2D eigenvalue weighted by atomic mass is 10.1. The van der Waals surface area contributed by atoms with Gasteiger partial charge >= 0.3 is 0 Å². The lowest BCUT2D eigenvalue weighted by Crippen LogP contribution is -2.25. The van der Waals surface area contributed by atoms with Crippen LogP contribution in [0.4, 0.5) is 0 Å². The van der Waals surface area contributed by atoms with Gasteiger partial charge in [-0.1, -0.05) is 28.1 Å². The first-order chi connectivity index (χ1) is 8.16. The molecule has 2 rings (SSSR count). The number of carbonyl (C=O) groups is 1. The molecule has 0 aliphatic heterocycles. The Morgan fingerprint density at radius 2 is 2.12 bits per heavy atom. The molecule has 2 aromatic rings. The first-order valence-electron chi connectivity index (χ1n) is 5.11. The summed E-state index contributed by atoms with van der Waals surface area (Å²) in [5, 5.41) is 2.93. The van der Waals surface area contributed by atoms with Crippen LogP contribution in [0.15, 0.2) is 40.4 Å². The van der Waals surface area contributed by atoms with Crippen molar-refractivity contribution in [2.24, 2.45) is 0 Å². The van der Waals surface area contributed by atoms with Crippen molar-refractivity contribution in [2.75, 3.05) is 0 Å². The zero-order valence-electron chi connectivity index (χ0n) is 9.18. The van der Waals surface area contributed by atoms with Crippen LogP contribution in [0, 0.1) is 0 Å². The minimum atomic E-state index is -0.0806. The van der Waals surface area contributed by atoms with Crippen molar-refractivity contribution >= 4 is 33.2 Å². The Balaban J connectivity index is 2.04. The fourth-order valence-corrected chi connectivity index (χ4v) is 2.22. The number of halogens is 1. The van der Waals surface area contributed by atoms with Gasteiger partial charge in [0.25, 0.3) is 5.91 Å². The second-order valence-electron chi connectivity index (χ2n) is 3.61. The normalized spacial score (nSPS) is 12.1. The van der Waals surface area contributed by atoms with Gasteiger partial charge < -0.3 is 5.32 Å². The van der Waals surface area contributed by atoms with Crippen molar-refractivity contribution in [3.63, 3.8) is 0 Å². The van der Waals surface area contributed by atoms with Crippen LogP contribution in [0.25, 0.3) is 0 Å². The van der Waals surface area contributed by atoms with E-state index in [0.717, 1.165) is 10.0 Å². The summed E-state index contributed by atoms with van der Waals surface area (Å²) in [6, 6.07) is 7.89. The van der Waals surface area contributed by atoms with E-state index in [1.807, 2.05) is 31.2 Å². The first kappa shape index (κ1) is 12.3. The highest BCUT2D eigenvalue weighted by molar-refractivity contribution is 9.10. The highest BCUT2D eigenvalue weighted by atomic mass is 79.9. The Labute approximate surface area is 112 Å². The number of nitrogens with zero attached hydrogens (tertiary/aromatic N) is 1. The summed E-state index contributed by atoms with van der Waals surface area (Å²) in [6.07, 6.45) is 1.58. The van der Waals surface area contributed by atoms with Crippen LogP contribution in [-0.2, 0) is 0 Å². The summed E-state index contributed by atoms with van der Waals surface area (Å²) >= 11 is 4.72. The molecule has 1 aromatic carbocycles. The van der Waals surface area contributed by atoms with Crippen LogP contribution >= 0.6 is 27.3 Å². The van der Waals surface area contributed by atoms with Crippen molar-refractivity contribution in [3.05, 3.63) is 50.9 Å². The molecule has 0 saturated heterocycles. The zero-order chi connectivity index (χ0) is 12.3. The van der Waals surface area contributed by atoms with Crippen LogP contribution in [0.1, 0.15) is 28.2 Å². The third kappa shape index (κ3) is 3.14. The maximum absolute atomic E-state index is 11.8. The summed E-state index contributed by atoms with van der Waals surface area (Å²) in [6.45, 7) is 1.96. The van der Waals surface area contributed by atoms with Gasteiger partial charge in [0.1, 0.15) is 4.88 Å². The van der Waals surface area contributed by atoms with Gasteiger partial charge in [0.2, 0.25) is 0 Å². The number of rotatable bonds is 3. The number of hydrogen-bond donors (Lipinski definition) is 1. The second-order valence-corrected chi connectivity index (χ2v) is 5.41. The van der Waals surface area contributed by atoms with Gasteiger partial charge in [-0.2, -0.15) is 0 Å². The van der Waals surface area contributed by atoms with E-state index in [1.54, 1.807) is 11.7 Å². The van der Waals surface area contributed by atoms with E-state index in [1.165, 1.54) is 11.3 Å². The van der Waals surface area contributed by atoms with Gasteiger partial charge in [0.15, 0.2) is 0 Å². The lowest BCUT2D eigenvalue weighted by molar-refractivity contribution is 0.0944. The van der Waals surface area contributed by atoms with E-state index in [2.05, 4.69) is 26.2 Å². The molecule has 0 aliphatic carbocycles. The average Bonchev–Trinajstić information content (AvgIpc) is 2.83. The molecule has 0 aliphatic rings. The first-order valence-corrected chi connectivity index (χ1v) is 6.79. The second kappa shape index (κ2) is 5.42. The molecule has 0 radical (unpaired) electrons. The zero-order valence-corrected chi connectivity index (χ0v) is 11.6. The standard InChI is InChI=1S/C12H11BrN2OS/c1-8(9-2-4-10(13)5-3-9)15-12(16)11-6-14-7-17-11/h2-8H,1H3,(H,15,16).